The lowest BCUT2D eigenvalue weighted by molar-refractivity contribution is -0.0479. The molecule has 0 bridgehead atoms. The van der Waals surface area contributed by atoms with Crippen LogP contribution in [0.1, 0.15) is 44.9 Å². The largest absolute Gasteiger partial charge is 0.487 e. The molecule has 110 valence electrons. The third-order valence-electron chi connectivity index (χ3n) is 4.91. The van der Waals surface area contributed by atoms with Crippen molar-refractivity contribution in [1.29, 1.82) is 0 Å². The van der Waals surface area contributed by atoms with Gasteiger partial charge >= 0.3 is 0 Å². The third-order valence-corrected chi connectivity index (χ3v) is 6.48. The van der Waals surface area contributed by atoms with E-state index in [-0.39, 0.29) is 16.5 Å². The zero-order chi connectivity index (χ0) is 14.2. The smallest absolute Gasteiger partial charge is 0.183 e. The molecule has 0 radical (unpaired) electrons. The molecular weight excluding hydrogens is 343 g/mol. The number of hydrogen-bond donors (Lipinski definition) is 0. The highest BCUT2D eigenvalue weighted by Crippen LogP contribution is 2.55. The fourth-order valence-electron chi connectivity index (χ4n) is 3.61. The summed E-state index contributed by atoms with van der Waals surface area (Å²) in [5, 5.41) is 0.132. The molecule has 0 saturated heterocycles. The molecule has 1 aromatic carbocycles. The Morgan fingerprint density at radius 2 is 1.90 bits per heavy atom. The standard InChI is InChI=1S/C16H19BrClFO/c17-13-10-14(16(13)8-3-1-2-4-9-16)20-12-7-5-6-11(18)15(12)19/h5-7,13-14H,1-4,8-10H2. The molecule has 1 aromatic rings. The summed E-state index contributed by atoms with van der Waals surface area (Å²) in [4.78, 5) is 0.500. The summed E-state index contributed by atoms with van der Waals surface area (Å²) in [5.74, 6) is -0.138. The predicted molar refractivity (Wildman–Crippen MR) is 83.3 cm³/mol. The van der Waals surface area contributed by atoms with Crippen molar-refractivity contribution in [3.63, 3.8) is 0 Å². The van der Waals surface area contributed by atoms with Crippen LogP contribution in [0.3, 0.4) is 0 Å². The molecule has 2 saturated carbocycles. The highest BCUT2D eigenvalue weighted by molar-refractivity contribution is 9.09. The van der Waals surface area contributed by atoms with Crippen LogP contribution in [-0.4, -0.2) is 10.9 Å². The van der Waals surface area contributed by atoms with Crippen LogP contribution in [0, 0.1) is 11.2 Å². The Morgan fingerprint density at radius 1 is 1.20 bits per heavy atom. The van der Waals surface area contributed by atoms with E-state index in [1.807, 2.05) is 0 Å². The molecule has 1 spiro atoms. The van der Waals surface area contributed by atoms with Crippen LogP contribution in [0.5, 0.6) is 5.75 Å². The molecule has 0 amide bonds. The zero-order valence-corrected chi connectivity index (χ0v) is 13.7. The summed E-state index contributed by atoms with van der Waals surface area (Å²) >= 11 is 9.63. The van der Waals surface area contributed by atoms with E-state index in [9.17, 15) is 4.39 Å². The first-order valence-electron chi connectivity index (χ1n) is 7.38. The molecular formula is C16H19BrClFO. The van der Waals surface area contributed by atoms with Crippen LogP contribution in [0.15, 0.2) is 18.2 Å². The second-order valence-corrected chi connectivity index (χ2v) is 7.52. The maximum Gasteiger partial charge on any atom is 0.183 e. The zero-order valence-electron chi connectivity index (χ0n) is 11.4. The van der Waals surface area contributed by atoms with Gasteiger partial charge in [-0.05, 0) is 31.4 Å². The van der Waals surface area contributed by atoms with Gasteiger partial charge in [0.2, 0.25) is 0 Å². The lowest BCUT2D eigenvalue weighted by atomic mass is 9.61. The molecule has 2 atom stereocenters. The Hall–Kier alpha value is -0.280. The van der Waals surface area contributed by atoms with Crippen LogP contribution in [0.4, 0.5) is 4.39 Å². The minimum atomic E-state index is -0.434. The Labute approximate surface area is 133 Å². The number of benzene rings is 1. The van der Waals surface area contributed by atoms with Gasteiger partial charge in [-0.2, -0.15) is 0 Å². The van der Waals surface area contributed by atoms with Crippen molar-refractivity contribution in [2.24, 2.45) is 5.41 Å². The van der Waals surface area contributed by atoms with Gasteiger partial charge < -0.3 is 4.74 Å². The quantitative estimate of drug-likeness (QED) is 0.611. The van der Waals surface area contributed by atoms with Crippen molar-refractivity contribution in [2.75, 3.05) is 0 Å². The summed E-state index contributed by atoms with van der Waals surface area (Å²) < 4.78 is 20.0. The lowest BCUT2D eigenvalue weighted by Gasteiger charge is -2.53. The molecule has 2 aliphatic carbocycles. The molecule has 0 aliphatic heterocycles. The highest BCUT2D eigenvalue weighted by Gasteiger charge is 2.55. The fourth-order valence-corrected chi connectivity index (χ4v) is 4.87. The molecule has 20 heavy (non-hydrogen) atoms. The Morgan fingerprint density at radius 3 is 2.55 bits per heavy atom. The number of hydrogen-bond acceptors (Lipinski definition) is 1. The molecule has 2 fully saturated rings. The first-order valence-corrected chi connectivity index (χ1v) is 8.67. The van der Waals surface area contributed by atoms with Crippen LogP contribution in [0.25, 0.3) is 0 Å². The Kier molecular flexibility index (Phi) is 4.28. The summed E-state index contributed by atoms with van der Waals surface area (Å²) in [7, 11) is 0. The van der Waals surface area contributed by atoms with Gasteiger partial charge in [0.1, 0.15) is 6.10 Å². The normalized spacial score (nSPS) is 28.8. The van der Waals surface area contributed by atoms with E-state index in [1.165, 1.54) is 38.5 Å². The van der Waals surface area contributed by atoms with Gasteiger partial charge in [-0.15, -0.1) is 0 Å². The van der Waals surface area contributed by atoms with Crippen molar-refractivity contribution in [3.05, 3.63) is 29.0 Å². The molecule has 2 unspecified atom stereocenters. The van der Waals surface area contributed by atoms with Crippen LogP contribution < -0.4 is 4.74 Å². The van der Waals surface area contributed by atoms with Gasteiger partial charge in [0, 0.05) is 10.2 Å². The lowest BCUT2D eigenvalue weighted by Crippen LogP contribution is -2.56. The third kappa shape index (κ3) is 2.48. The van der Waals surface area contributed by atoms with Crippen molar-refractivity contribution in [3.8, 4) is 5.75 Å². The molecule has 0 aromatic heterocycles. The van der Waals surface area contributed by atoms with Gasteiger partial charge in [0.15, 0.2) is 11.6 Å². The number of ether oxygens (including phenoxy) is 1. The van der Waals surface area contributed by atoms with E-state index in [2.05, 4.69) is 15.9 Å². The minimum Gasteiger partial charge on any atom is -0.487 e. The summed E-state index contributed by atoms with van der Waals surface area (Å²) in [6, 6.07) is 4.97. The van der Waals surface area contributed by atoms with E-state index in [4.69, 9.17) is 16.3 Å². The van der Waals surface area contributed by atoms with Gasteiger partial charge in [0.05, 0.1) is 5.02 Å². The minimum absolute atomic E-state index is 0.109. The molecule has 2 aliphatic rings. The molecule has 3 rings (SSSR count). The monoisotopic (exact) mass is 360 g/mol. The Bertz CT molecular complexity index is 485. The molecule has 0 heterocycles. The maximum absolute atomic E-state index is 14.0. The van der Waals surface area contributed by atoms with Crippen LogP contribution >= 0.6 is 27.5 Å². The van der Waals surface area contributed by atoms with Gasteiger partial charge in [-0.25, -0.2) is 4.39 Å². The number of halogens is 3. The summed E-state index contributed by atoms with van der Waals surface area (Å²) in [5.41, 5.74) is 0.186. The Balaban J connectivity index is 1.78. The fraction of sp³-hybridized carbons (Fsp3) is 0.625. The molecule has 1 nitrogen and oxygen atoms in total. The average Bonchev–Trinajstić information content (AvgIpc) is 2.71. The first kappa shape index (κ1) is 14.6. The highest BCUT2D eigenvalue weighted by atomic mass is 79.9. The van der Waals surface area contributed by atoms with Crippen molar-refractivity contribution in [1.82, 2.24) is 0 Å². The van der Waals surface area contributed by atoms with Gasteiger partial charge in [-0.3, -0.25) is 0 Å². The van der Waals surface area contributed by atoms with Gasteiger partial charge in [0.25, 0.3) is 0 Å². The second kappa shape index (κ2) is 5.84. The predicted octanol–water partition coefficient (Wildman–Crippen LogP) is 5.73. The summed E-state index contributed by atoms with van der Waals surface area (Å²) in [6.07, 6.45) is 8.52. The van der Waals surface area contributed by atoms with E-state index in [0.29, 0.717) is 10.6 Å². The SMILES string of the molecule is Fc1c(Cl)cccc1OC1CC(Br)C12CCCCCC2. The van der Waals surface area contributed by atoms with E-state index >= 15 is 0 Å². The van der Waals surface area contributed by atoms with Crippen LogP contribution in [-0.2, 0) is 0 Å². The number of rotatable bonds is 2. The van der Waals surface area contributed by atoms with E-state index < -0.39 is 5.82 Å². The van der Waals surface area contributed by atoms with E-state index in [0.717, 1.165) is 6.42 Å². The van der Waals surface area contributed by atoms with Crippen LogP contribution in [0.2, 0.25) is 5.02 Å². The average molecular weight is 362 g/mol. The topological polar surface area (TPSA) is 9.23 Å². The van der Waals surface area contributed by atoms with Gasteiger partial charge in [-0.1, -0.05) is 59.3 Å². The van der Waals surface area contributed by atoms with Crippen molar-refractivity contribution in [2.45, 2.75) is 55.9 Å². The summed E-state index contributed by atoms with van der Waals surface area (Å²) in [6.45, 7) is 0. The molecule has 0 N–H and O–H groups in total. The van der Waals surface area contributed by atoms with Crippen molar-refractivity contribution >= 4 is 27.5 Å². The van der Waals surface area contributed by atoms with E-state index in [1.54, 1.807) is 18.2 Å². The number of alkyl halides is 1. The second-order valence-electron chi connectivity index (χ2n) is 6.01. The molecule has 4 heteroatoms. The first-order chi connectivity index (χ1) is 9.63. The maximum atomic E-state index is 14.0. The van der Waals surface area contributed by atoms with Crippen molar-refractivity contribution < 1.29 is 9.13 Å².